The standard InChI is InChI=1S/C18H18N2O3/c1-23-15-9-7-14(8-10-15)20-17(21)11-16(18(20)22)19-12-13-5-3-2-4-6-13/h2-10,16,19H,11-12H2,1H3/p+1/t16-/m0/s1. The zero-order chi connectivity index (χ0) is 16.2. The van der Waals surface area contributed by atoms with Crippen molar-refractivity contribution in [3.05, 3.63) is 60.2 Å². The Hall–Kier alpha value is -2.66. The number of hydrogen-bond donors (Lipinski definition) is 1. The number of rotatable bonds is 5. The van der Waals surface area contributed by atoms with Crippen molar-refractivity contribution in [1.29, 1.82) is 0 Å². The minimum Gasteiger partial charge on any atom is -0.497 e. The Labute approximate surface area is 134 Å². The molecule has 1 atom stereocenters. The van der Waals surface area contributed by atoms with Crippen molar-refractivity contribution in [2.24, 2.45) is 0 Å². The van der Waals surface area contributed by atoms with Gasteiger partial charge in [0.25, 0.3) is 5.91 Å². The van der Waals surface area contributed by atoms with Gasteiger partial charge in [0.15, 0.2) is 6.04 Å². The number of methoxy groups -OCH3 is 1. The quantitative estimate of drug-likeness (QED) is 0.841. The summed E-state index contributed by atoms with van der Waals surface area (Å²) >= 11 is 0. The Bertz CT molecular complexity index is 698. The average Bonchev–Trinajstić information content (AvgIpc) is 2.88. The van der Waals surface area contributed by atoms with Crippen LogP contribution in [0, 0.1) is 0 Å². The predicted molar refractivity (Wildman–Crippen MR) is 86.0 cm³/mol. The van der Waals surface area contributed by atoms with Gasteiger partial charge in [-0.1, -0.05) is 30.3 Å². The topological polar surface area (TPSA) is 63.2 Å². The fourth-order valence-electron chi connectivity index (χ4n) is 2.73. The summed E-state index contributed by atoms with van der Waals surface area (Å²) in [5.74, 6) is 0.380. The van der Waals surface area contributed by atoms with E-state index in [1.807, 2.05) is 35.6 Å². The largest absolute Gasteiger partial charge is 0.497 e. The maximum absolute atomic E-state index is 12.5. The highest BCUT2D eigenvalue weighted by Gasteiger charge is 2.42. The highest BCUT2D eigenvalue weighted by atomic mass is 16.5. The lowest BCUT2D eigenvalue weighted by molar-refractivity contribution is -0.690. The Kier molecular flexibility index (Phi) is 4.39. The molecule has 0 spiro atoms. The molecule has 118 valence electrons. The van der Waals surface area contributed by atoms with Crippen molar-refractivity contribution in [3.8, 4) is 5.75 Å². The fourth-order valence-corrected chi connectivity index (χ4v) is 2.73. The number of imide groups is 1. The zero-order valence-electron chi connectivity index (χ0n) is 12.9. The van der Waals surface area contributed by atoms with E-state index in [9.17, 15) is 9.59 Å². The molecule has 1 aliphatic heterocycles. The van der Waals surface area contributed by atoms with Gasteiger partial charge in [-0.25, -0.2) is 4.90 Å². The lowest BCUT2D eigenvalue weighted by atomic mass is 10.2. The Morgan fingerprint density at radius 3 is 2.43 bits per heavy atom. The number of benzene rings is 2. The normalized spacial score (nSPS) is 17.6. The van der Waals surface area contributed by atoms with Crippen molar-refractivity contribution < 1.29 is 19.6 Å². The first-order chi connectivity index (χ1) is 11.2. The second-order valence-corrected chi connectivity index (χ2v) is 5.50. The van der Waals surface area contributed by atoms with E-state index in [0.717, 1.165) is 5.56 Å². The summed E-state index contributed by atoms with van der Waals surface area (Å²) < 4.78 is 5.10. The van der Waals surface area contributed by atoms with Gasteiger partial charge < -0.3 is 10.1 Å². The summed E-state index contributed by atoms with van der Waals surface area (Å²) in [6, 6.07) is 16.5. The Morgan fingerprint density at radius 2 is 1.78 bits per heavy atom. The number of quaternary nitrogens is 1. The van der Waals surface area contributed by atoms with Crippen LogP contribution in [0.2, 0.25) is 0 Å². The van der Waals surface area contributed by atoms with Gasteiger partial charge in [-0.15, -0.1) is 0 Å². The molecule has 0 aromatic heterocycles. The van der Waals surface area contributed by atoms with Crippen LogP contribution in [0.1, 0.15) is 12.0 Å². The van der Waals surface area contributed by atoms with Crippen LogP contribution in [0.5, 0.6) is 5.75 Å². The van der Waals surface area contributed by atoms with Crippen LogP contribution in [0.15, 0.2) is 54.6 Å². The van der Waals surface area contributed by atoms with Crippen LogP contribution >= 0.6 is 0 Å². The van der Waals surface area contributed by atoms with Crippen molar-refractivity contribution >= 4 is 17.5 Å². The monoisotopic (exact) mass is 311 g/mol. The van der Waals surface area contributed by atoms with Gasteiger partial charge in [-0.3, -0.25) is 9.59 Å². The van der Waals surface area contributed by atoms with Crippen LogP contribution < -0.4 is 15.0 Å². The zero-order valence-corrected chi connectivity index (χ0v) is 12.9. The minimum absolute atomic E-state index is 0.156. The van der Waals surface area contributed by atoms with E-state index < -0.39 is 0 Å². The van der Waals surface area contributed by atoms with Crippen LogP contribution in [0.4, 0.5) is 5.69 Å². The molecule has 0 aliphatic carbocycles. The second kappa shape index (κ2) is 6.62. The third-order valence-corrected chi connectivity index (χ3v) is 3.99. The first-order valence-corrected chi connectivity index (χ1v) is 7.57. The number of ether oxygens (including phenoxy) is 1. The summed E-state index contributed by atoms with van der Waals surface area (Å²) in [4.78, 5) is 26.0. The second-order valence-electron chi connectivity index (χ2n) is 5.50. The molecular formula is C18H19N2O3+. The summed E-state index contributed by atoms with van der Waals surface area (Å²) in [7, 11) is 1.58. The van der Waals surface area contributed by atoms with E-state index in [4.69, 9.17) is 4.74 Å². The van der Waals surface area contributed by atoms with Gasteiger partial charge in [0.1, 0.15) is 12.3 Å². The lowest BCUT2D eigenvalue weighted by Gasteiger charge is -2.14. The number of anilines is 1. The summed E-state index contributed by atoms with van der Waals surface area (Å²) in [6.07, 6.45) is 0.234. The molecule has 1 saturated heterocycles. The number of nitrogens with zero attached hydrogens (tertiary/aromatic N) is 1. The van der Waals surface area contributed by atoms with Crippen LogP contribution in [-0.4, -0.2) is 25.0 Å². The predicted octanol–water partition coefficient (Wildman–Crippen LogP) is 1.09. The van der Waals surface area contributed by atoms with Crippen molar-refractivity contribution in [2.45, 2.75) is 19.0 Å². The fraction of sp³-hybridized carbons (Fsp3) is 0.222. The third kappa shape index (κ3) is 3.24. The van der Waals surface area contributed by atoms with Gasteiger partial charge in [-0.2, -0.15) is 0 Å². The molecule has 0 bridgehead atoms. The smallest absolute Gasteiger partial charge is 0.292 e. The van der Waals surface area contributed by atoms with Gasteiger partial charge in [0.2, 0.25) is 5.91 Å². The van der Waals surface area contributed by atoms with E-state index in [0.29, 0.717) is 18.0 Å². The Balaban J connectivity index is 1.69. The van der Waals surface area contributed by atoms with Crippen LogP contribution in [0.3, 0.4) is 0 Å². The molecule has 3 rings (SSSR count). The van der Waals surface area contributed by atoms with Gasteiger partial charge in [0, 0.05) is 5.56 Å². The molecular weight excluding hydrogens is 292 g/mol. The molecule has 0 radical (unpaired) electrons. The minimum atomic E-state index is -0.357. The van der Waals surface area contributed by atoms with E-state index >= 15 is 0 Å². The molecule has 5 nitrogen and oxygen atoms in total. The average molecular weight is 311 g/mol. The molecule has 0 unspecified atom stereocenters. The van der Waals surface area contributed by atoms with E-state index in [-0.39, 0.29) is 24.3 Å². The molecule has 1 fully saturated rings. The van der Waals surface area contributed by atoms with Crippen molar-refractivity contribution in [2.75, 3.05) is 12.0 Å². The van der Waals surface area contributed by atoms with E-state index in [1.54, 1.807) is 31.4 Å². The maximum atomic E-state index is 12.5. The van der Waals surface area contributed by atoms with Gasteiger partial charge in [0.05, 0.1) is 19.2 Å². The summed E-state index contributed by atoms with van der Waals surface area (Å²) in [6.45, 7) is 0.682. The highest BCUT2D eigenvalue weighted by molar-refractivity contribution is 6.21. The Morgan fingerprint density at radius 1 is 1.09 bits per heavy atom. The number of hydrogen-bond acceptors (Lipinski definition) is 3. The molecule has 1 aliphatic rings. The van der Waals surface area contributed by atoms with E-state index in [1.165, 1.54) is 4.90 Å². The SMILES string of the molecule is COc1ccc(N2C(=O)C[C@H]([NH2+]Cc3ccccc3)C2=O)cc1. The first kappa shape index (κ1) is 15.2. The molecule has 1 heterocycles. The molecule has 0 saturated carbocycles. The van der Waals surface area contributed by atoms with Crippen molar-refractivity contribution in [1.82, 2.24) is 0 Å². The third-order valence-electron chi connectivity index (χ3n) is 3.99. The van der Waals surface area contributed by atoms with E-state index in [2.05, 4.69) is 0 Å². The van der Waals surface area contributed by atoms with Crippen LogP contribution in [0.25, 0.3) is 0 Å². The molecule has 5 heteroatoms. The lowest BCUT2D eigenvalue weighted by Crippen LogP contribution is -2.90. The molecule has 2 N–H and O–H groups in total. The number of amides is 2. The first-order valence-electron chi connectivity index (χ1n) is 7.57. The van der Waals surface area contributed by atoms with Crippen molar-refractivity contribution in [3.63, 3.8) is 0 Å². The summed E-state index contributed by atoms with van der Waals surface area (Å²) in [5, 5.41) is 1.93. The van der Waals surface area contributed by atoms with Gasteiger partial charge in [-0.05, 0) is 24.3 Å². The number of carbonyl (C=O) groups is 2. The molecule has 2 amide bonds. The summed E-state index contributed by atoms with van der Waals surface area (Å²) in [5.41, 5.74) is 1.73. The molecule has 2 aromatic carbocycles. The molecule has 23 heavy (non-hydrogen) atoms. The van der Waals surface area contributed by atoms with Crippen LogP contribution in [-0.2, 0) is 16.1 Å². The molecule has 2 aromatic rings. The highest BCUT2D eigenvalue weighted by Crippen LogP contribution is 2.24. The number of carbonyl (C=O) groups excluding carboxylic acids is 2. The number of nitrogens with two attached hydrogens (primary N) is 1. The maximum Gasteiger partial charge on any atom is 0.292 e. The van der Waals surface area contributed by atoms with Gasteiger partial charge >= 0.3 is 0 Å².